The van der Waals surface area contributed by atoms with Gasteiger partial charge in [0.05, 0.1) is 6.10 Å². The van der Waals surface area contributed by atoms with Gasteiger partial charge in [0.1, 0.15) is 12.1 Å². The molecule has 7 heteroatoms. The molecule has 4 atom stereocenters. The second-order valence-corrected chi connectivity index (χ2v) is 5.74. The number of guanidine groups is 1. The predicted molar refractivity (Wildman–Crippen MR) is 74.8 cm³/mol. The van der Waals surface area contributed by atoms with Gasteiger partial charge in [0.2, 0.25) is 0 Å². The molecule has 3 aliphatic rings. The van der Waals surface area contributed by atoms with Crippen LogP contribution >= 0.6 is 0 Å². The van der Waals surface area contributed by atoms with Crippen LogP contribution in [0.25, 0.3) is 0 Å². The summed E-state index contributed by atoms with van der Waals surface area (Å²) in [6, 6.07) is -0.576. The number of aliphatic hydroxyl groups excluding tert-OH is 1. The molecule has 110 valence electrons. The van der Waals surface area contributed by atoms with Gasteiger partial charge in [0.25, 0.3) is 5.91 Å². The van der Waals surface area contributed by atoms with Crippen molar-refractivity contribution in [1.29, 1.82) is 0 Å². The summed E-state index contributed by atoms with van der Waals surface area (Å²) in [5.74, 6) is 0.379. The normalized spacial score (nSPS) is 37.0. The number of rotatable bonds is 3. The number of β-amino-alcohol motifs (C(OH)–C–C–N with tert-alkyl or cyclic N) is 1. The molecule has 3 aliphatic heterocycles. The molecule has 4 unspecified atom stereocenters. The minimum Gasteiger partial charge on any atom is -0.391 e. The number of carbonyl (C=O) groups is 1. The van der Waals surface area contributed by atoms with Gasteiger partial charge in [-0.2, -0.15) is 0 Å². The number of nitrogens with one attached hydrogen (secondary N) is 2. The Morgan fingerprint density at radius 3 is 3.05 bits per heavy atom. The van der Waals surface area contributed by atoms with Gasteiger partial charge in [-0.25, -0.2) is 4.99 Å². The molecule has 7 nitrogen and oxygen atoms in total. The lowest BCUT2D eigenvalue weighted by Gasteiger charge is -2.25. The van der Waals surface area contributed by atoms with Gasteiger partial charge in [-0.3, -0.25) is 15.0 Å². The van der Waals surface area contributed by atoms with E-state index in [0.717, 1.165) is 18.5 Å². The van der Waals surface area contributed by atoms with Crippen molar-refractivity contribution >= 4 is 11.9 Å². The lowest BCUT2D eigenvalue weighted by Crippen LogP contribution is -2.55. The standard InChI is InChI=1S/C13H21N5O2/c1-2-7-4-18(6-9(7)19)5-8-3-15-11-10(8)16-13(14)17-12(11)20/h3,7,9-11,15,19H,2,4-6H2,1H3,(H3,14,16,17,20). The number of hydrogen-bond acceptors (Lipinski definition) is 6. The molecule has 3 rings (SSSR count). The highest BCUT2D eigenvalue weighted by molar-refractivity contribution is 6.02. The van der Waals surface area contributed by atoms with Crippen molar-refractivity contribution < 1.29 is 9.90 Å². The first kappa shape index (κ1) is 13.4. The molecular formula is C13H21N5O2. The van der Waals surface area contributed by atoms with Gasteiger partial charge in [-0.15, -0.1) is 0 Å². The molecule has 0 radical (unpaired) electrons. The van der Waals surface area contributed by atoms with Crippen LogP contribution in [0.15, 0.2) is 16.8 Å². The smallest absolute Gasteiger partial charge is 0.251 e. The van der Waals surface area contributed by atoms with Crippen molar-refractivity contribution in [2.75, 3.05) is 19.6 Å². The van der Waals surface area contributed by atoms with E-state index in [9.17, 15) is 9.90 Å². The van der Waals surface area contributed by atoms with E-state index in [0.29, 0.717) is 19.0 Å². The fourth-order valence-electron chi connectivity index (χ4n) is 3.22. The first-order chi connectivity index (χ1) is 9.58. The van der Waals surface area contributed by atoms with E-state index in [1.807, 2.05) is 6.20 Å². The number of nitrogens with zero attached hydrogens (tertiary/aromatic N) is 2. The molecule has 5 N–H and O–H groups in total. The second-order valence-electron chi connectivity index (χ2n) is 5.74. The zero-order valence-electron chi connectivity index (χ0n) is 11.5. The molecule has 0 aromatic carbocycles. The molecule has 1 fully saturated rings. The largest absolute Gasteiger partial charge is 0.391 e. The zero-order chi connectivity index (χ0) is 14.3. The van der Waals surface area contributed by atoms with Crippen LogP contribution in [0.1, 0.15) is 13.3 Å². The van der Waals surface area contributed by atoms with E-state index >= 15 is 0 Å². The number of likely N-dealkylation sites (tertiary alicyclic amines) is 1. The topological polar surface area (TPSA) is 103 Å². The summed E-state index contributed by atoms with van der Waals surface area (Å²) in [5.41, 5.74) is 6.68. The van der Waals surface area contributed by atoms with Crippen LogP contribution in [0, 0.1) is 5.92 Å². The maximum absolute atomic E-state index is 11.8. The molecule has 3 heterocycles. The Morgan fingerprint density at radius 1 is 1.55 bits per heavy atom. The molecule has 1 amide bonds. The highest BCUT2D eigenvalue weighted by Crippen LogP contribution is 2.25. The highest BCUT2D eigenvalue weighted by atomic mass is 16.3. The average molecular weight is 279 g/mol. The summed E-state index contributed by atoms with van der Waals surface area (Å²) in [4.78, 5) is 18.3. The molecule has 0 aromatic rings. The van der Waals surface area contributed by atoms with Crippen LogP contribution in [0.2, 0.25) is 0 Å². The zero-order valence-corrected chi connectivity index (χ0v) is 11.5. The Balaban J connectivity index is 1.67. The summed E-state index contributed by atoms with van der Waals surface area (Å²) in [6.07, 6.45) is 2.59. The van der Waals surface area contributed by atoms with E-state index < -0.39 is 0 Å². The summed E-state index contributed by atoms with van der Waals surface area (Å²) in [5, 5.41) is 15.6. The van der Waals surface area contributed by atoms with Crippen LogP contribution in [0.4, 0.5) is 0 Å². The Kier molecular flexibility index (Phi) is 3.39. The van der Waals surface area contributed by atoms with Crippen molar-refractivity contribution in [2.45, 2.75) is 31.5 Å². The monoisotopic (exact) mass is 279 g/mol. The van der Waals surface area contributed by atoms with E-state index in [2.05, 4.69) is 27.4 Å². The van der Waals surface area contributed by atoms with Gasteiger partial charge in [0, 0.05) is 19.6 Å². The van der Waals surface area contributed by atoms with Crippen LogP contribution in [-0.4, -0.2) is 59.7 Å². The fourth-order valence-corrected chi connectivity index (χ4v) is 3.22. The number of carbonyl (C=O) groups excluding carboxylic acids is 1. The van der Waals surface area contributed by atoms with E-state index in [-0.39, 0.29) is 30.1 Å². The first-order valence-electron chi connectivity index (χ1n) is 7.08. The third kappa shape index (κ3) is 2.27. The summed E-state index contributed by atoms with van der Waals surface area (Å²) >= 11 is 0. The second kappa shape index (κ2) is 5.06. The van der Waals surface area contributed by atoms with Gasteiger partial charge >= 0.3 is 0 Å². The van der Waals surface area contributed by atoms with Gasteiger partial charge in [-0.1, -0.05) is 6.92 Å². The molecular weight excluding hydrogens is 258 g/mol. The van der Waals surface area contributed by atoms with Crippen LogP contribution in [-0.2, 0) is 4.79 Å². The molecule has 0 aromatic heterocycles. The number of nitrogens with two attached hydrogens (primary N) is 1. The molecule has 20 heavy (non-hydrogen) atoms. The maximum Gasteiger partial charge on any atom is 0.251 e. The van der Waals surface area contributed by atoms with Gasteiger partial charge in [0.15, 0.2) is 5.96 Å². The third-order valence-corrected chi connectivity index (χ3v) is 4.37. The lowest BCUT2D eigenvalue weighted by molar-refractivity contribution is -0.121. The highest BCUT2D eigenvalue weighted by Gasteiger charge is 2.40. The van der Waals surface area contributed by atoms with Crippen molar-refractivity contribution in [1.82, 2.24) is 15.5 Å². The fraction of sp³-hybridized carbons (Fsp3) is 0.692. The predicted octanol–water partition coefficient (Wildman–Crippen LogP) is -1.64. The van der Waals surface area contributed by atoms with Crippen molar-refractivity contribution in [3.8, 4) is 0 Å². The summed E-state index contributed by atoms with van der Waals surface area (Å²) < 4.78 is 0. The molecule has 0 aliphatic carbocycles. The van der Waals surface area contributed by atoms with Gasteiger partial charge < -0.3 is 16.2 Å². The van der Waals surface area contributed by atoms with Crippen molar-refractivity contribution in [3.05, 3.63) is 11.8 Å². The quantitative estimate of drug-likeness (QED) is 0.496. The van der Waals surface area contributed by atoms with Crippen LogP contribution in [0.5, 0.6) is 0 Å². The van der Waals surface area contributed by atoms with Crippen molar-refractivity contribution in [2.24, 2.45) is 16.6 Å². The molecule has 0 bridgehead atoms. The summed E-state index contributed by atoms with van der Waals surface area (Å²) in [6.45, 7) is 4.38. The minimum atomic E-state index is -0.355. The Bertz CT molecular complexity index is 475. The molecule has 0 spiro atoms. The molecule has 0 saturated carbocycles. The van der Waals surface area contributed by atoms with Crippen LogP contribution < -0.4 is 16.4 Å². The Hall–Kier alpha value is -1.60. The Labute approximate surface area is 117 Å². The number of amides is 1. The molecule has 1 saturated heterocycles. The van der Waals surface area contributed by atoms with Gasteiger partial charge in [-0.05, 0) is 24.1 Å². The summed E-state index contributed by atoms with van der Waals surface area (Å²) in [7, 11) is 0. The van der Waals surface area contributed by atoms with E-state index in [4.69, 9.17) is 5.73 Å². The number of hydrogen-bond donors (Lipinski definition) is 4. The first-order valence-corrected chi connectivity index (χ1v) is 7.08. The number of aliphatic hydroxyl groups is 1. The van der Waals surface area contributed by atoms with E-state index in [1.54, 1.807) is 0 Å². The number of aliphatic imine (C=N–C) groups is 1. The maximum atomic E-state index is 11.8. The van der Waals surface area contributed by atoms with Crippen LogP contribution in [0.3, 0.4) is 0 Å². The number of fused-ring (bicyclic) bond motifs is 1. The Morgan fingerprint density at radius 2 is 2.35 bits per heavy atom. The average Bonchev–Trinajstić information content (AvgIpc) is 2.94. The third-order valence-electron chi connectivity index (χ3n) is 4.37. The minimum absolute atomic E-state index is 0.137. The SMILES string of the molecule is CCC1CN(CC2=CNC3C(=O)NC(N)=NC23)CC1O. The lowest BCUT2D eigenvalue weighted by atomic mass is 10.0. The van der Waals surface area contributed by atoms with Crippen molar-refractivity contribution in [3.63, 3.8) is 0 Å². The van der Waals surface area contributed by atoms with E-state index in [1.165, 1.54) is 0 Å².